The number of hydrogen-bond donors (Lipinski definition) is 1. The highest BCUT2D eigenvalue weighted by Crippen LogP contribution is 2.35. The van der Waals surface area contributed by atoms with Crippen LogP contribution in [0.4, 0.5) is 0 Å². The first-order chi connectivity index (χ1) is 10.2. The van der Waals surface area contributed by atoms with Crippen molar-refractivity contribution >= 4 is 11.8 Å². The molecule has 3 rings (SSSR count). The topological polar surface area (TPSA) is 64.9 Å². The predicted molar refractivity (Wildman–Crippen MR) is 85.9 cm³/mol. The van der Waals surface area contributed by atoms with Gasteiger partial charge in [-0.3, -0.25) is 0 Å². The molecule has 0 aliphatic heterocycles. The molecule has 4 nitrogen and oxygen atoms in total. The molecule has 0 bridgehead atoms. The zero-order valence-electron chi connectivity index (χ0n) is 12.3. The highest BCUT2D eigenvalue weighted by atomic mass is 32.2. The van der Waals surface area contributed by atoms with Crippen molar-refractivity contribution in [1.29, 1.82) is 0 Å². The van der Waals surface area contributed by atoms with Crippen molar-refractivity contribution < 1.29 is 4.52 Å². The second-order valence-corrected chi connectivity index (χ2v) is 6.89. The molecule has 0 amide bonds. The second-order valence-electron chi connectivity index (χ2n) is 5.62. The smallest absolute Gasteiger partial charge is 0.257 e. The van der Waals surface area contributed by atoms with Crippen molar-refractivity contribution in [2.24, 2.45) is 5.73 Å². The third-order valence-corrected chi connectivity index (χ3v) is 4.99. The summed E-state index contributed by atoms with van der Waals surface area (Å²) < 4.78 is 5.40. The molecule has 1 aliphatic rings. The zero-order chi connectivity index (χ0) is 14.7. The van der Waals surface area contributed by atoms with Gasteiger partial charge in [-0.25, -0.2) is 0 Å². The molecule has 1 aromatic carbocycles. The van der Waals surface area contributed by atoms with Crippen LogP contribution in [0.25, 0.3) is 11.5 Å². The van der Waals surface area contributed by atoms with E-state index in [2.05, 4.69) is 29.2 Å². The second kappa shape index (κ2) is 6.20. The molecular weight excluding hydrogens is 282 g/mol. The SMILES string of the molecule is CCSCc1ccc(-c2nc(C3(N)CCCC3)no2)cc1. The third-order valence-electron chi connectivity index (χ3n) is 4.04. The summed E-state index contributed by atoms with van der Waals surface area (Å²) in [6.45, 7) is 2.17. The maximum Gasteiger partial charge on any atom is 0.257 e. The number of rotatable bonds is 5. The average molecular weight is 303 g/mol. The van der Waals surface area contributed by atoms with Gasteiger partial charge in [0.05, 0.1) is 5.54 Å². The zero-order valence-corrected chi connectivity index (χ0v) is 13.2. The highest BCUT2D eigenvalue weighted by molar-refractivity contribution is 7.98. The van der Waals surface area contributed by atoms with E-state index >= 15 is 0 Å². The van der Waals surface area contributed by atoms with Crippen molar-refractivity contribution in [3.05, 3.63) is 35.7 Å². The molecule has 0 atom stereocenters. The molecule has 112 valence electrons. The monoisotopic (exact) mass is 303 g/mol. The number of nitrogens with two attached hydrogens (primary N) is 1. The fourth-order valence-electron chi connectivity index (χ4n) is 2.74. The van der Waals surface area contributed by atoms with Gasteiger partial charge < -0.3 is 10.3 Å². The molecule has 1 heterocycles. The molecule has 2 N–H and O–H groups in total. The van der Waals surface area contributed by atoms with Crippen LogP contribution in [0.2, 0.25) is 0 Å². The maximum absolute atomic E-state index is 6.36. The molecule has 1 fully saturated rings. The van der Waals surface area contributed by atoms with E-state index in [0.717, 1.165) is 42.8 Å². The van der Waals surface area contributed by atoms with E-state index in [-0.39, 0.29) is 5.54 Å². The van der Waals surface area contributed by atoms with Crippen LogP contribution in [0.1, 0.15) is 44.0 Å². The van der Waals surface area contributed by atoms with Crippen LogP contribution in [-0.2, 0) is 11.3 Å². The summed E-state index contributed by atoms with van der Waals surface area (Å²) in [6.07, 6.45) is 4.17. The third kappa shape index (κ3) is 3.14. The molecule has 5 heteroatoms. The maximum atomic E-state index is 6.36. The van der Waals surface area contributed by atoms with Crippen LogP contribution in [0.5, 0.6) is 0 Å². The number of nitrogens with zero attached hydrogens (tertiary/aromatic N) is 2. The van der Waals surface area contributed by atoms with Gasteiger partial charge in [-0.2, -0.15) is 16.7 Å². The van der Waals surface area contributed by atoms with E-state index in [1.165, 1.54) is 5.56 Å². The van der Waals surface area contributed by atoms with Crippen LogP contribution in [0.3, 0.4) is 0 Å². The number of aromatic nitrogens is 2. The summed E-state index contributed by atoms with van der Waals surface area (Å²) >= 11 is 1.92. The van der Waals surface area contributed by atoms with Crippen LogP contribution in [-0.4, -0.2) is 15.9 Å². The van der Waals surface area contributed by atoms with Crippen molar-refractivity contribution in [2.45, 2.75) is 43.9 Å². The molecule has 1 aromatic heterocycles. The summed E-state index contributed by atoms with van der Waals surface area (Å²) in [6, 6.07) is 8.33. The summed E-state index contributed by atoms with van der Waals surface area (Å²) in [7, 11) is 0. The molecule has 2 aromatic rings. The summed E-state index contributed by atoms with van der Waals surface area (Å²) in [5, 5.41) is 4.10. The molecule has 1 saturated carbocycles. The lowest BCUT2D eigenvalue weighted by Crippen LogP contribution is -2.34. The first-order valence-corrected chi connectivity index (χ1v) is 8.67. The van der Waals surface area contributed by atoms with Gasteiger partial charge in [0.15, 0.2) is 5.82 Å². The molecule has 0 unspecified atom stereocenters. The Balaban J connectivity index is 1.76. The largest absolute Gasteiger partial charge is 0.334 e. The van der Waals surface area contributed by atoms with E-state index in [1.807, 2.05) is 23.9 Å². The van der Waals surface area contributed by atoms with E-state index in [1.54, 1.807) is 0 Å². The lowest BCUT2D eigenvalue weighted by molar-refractivity contribution is 0.372. The normalized spacial score (nSPS) is 17.2. The van der Waals surface area contributed by atoms with Gasteiger partial charge >= 0.3 is 0 Å². The highest BCUT2D eigenvalue weighted by Gasteiger charge is 2.36. The van der Waals surface area contributed by atoms with Crippen molar-refractivity contribution in [3.8, 4) is 11.5 Å². The Hall–Kier alpha value is -1.33. The van der Waals surface area contributed by atoms with Crippen molar-refractivity contribution in [1.82, 2.24) is 10.1 Å². The van der Waals surface area contributed by atoms with Gasteiger partial charge in [-0.1, -0.05) is 37.1 Å². The Bertz CT molecular complexity index is 588. The molecule has 0 spiro atoms. The first-order valence-electron chi connectivity index (χ1n) is 7.51. The average Bonchev–Trinajstić information content (AvgIpc) is 3.15. The molecule has 0 saturated heterocycles. The Morgan fingerprint density at radius 2 is 1.95 bits per heavy atom. The van der Waals surface area contributed by atoms with Gasteiger partial charge in [-0.15, -0.1) is 0 Å². The Morgan fingerprint density at radius 3 is 2.62 bits per heavy atom. The lowest BCUT2D eigenvalue weighted by atomic mass is 9.99. The van der Waals surface area contributed by atoms with Crippen LogP contribution in [0.15, 0.2) is 28.8 Å². The van der Waals surface area contributed by atoms with Crippen molar-refractivity contribution in [3.63, 3.8) is 0 Å². The molecule has 1 aliphatic carbocycles. The van der Waals surface area contributed by atoms with E-state index in [9.17, 15) is 0 Å². The van der Waals surface area contributed by atoms with E-state index in [4.69, 9.17) is 10.3 Å². The Morgan fingerprint density at radius 1 is 1.24 bits per heavy atom. The molecule has 21 heavy (non-hydrogen) atoms. The summed E-state index contributed by atoms with van der Waals surface area (Å²) in [5.74, 6) is 3.39. The molecular formula is C16H21N3OS. The molecule has 0 radical (unpaired) electrons. The predicted octanol–water partition coefficient (Wildman–Crippen LogP) is 3.72. The minimum Gasteiger partial charge on any atom is -0.334 e. The van der Waals surface area contributed by atoms with E-state index < -0.39 is 0 Å². The van der Waals surface area contributed by atoms with Crippen LogP contribution >= 0.6 is 11.8 Å². The van der Waals surface area contributed by atoms with Gasteiger partial charge in [0.1, 0.15) is 0 Å². The summed E-state index contributed by atoms with van der Waals surface area (Å²) in [4.78, 5) is 4.52. The van der Waals surface area contributed by atoms with Gasteiger partial charge in [-0.05, 0) is 36.3 Å². The van der Waals surface area contributed by atoms with Gasteiger partial charge in [0, 0.05) is 11.3 Å². The van der Waals surface area contributed by atoms with Crippen LogP contribution < -0.4 is 5.73 Å². The Labute approximate surface area is 129 Å². The minimum absolute atomic E-state index is 0.389. The number of benzene rings is 1. The van der Waals surface area contributed by atoms with E-state index in [0.29, 0.717) is 11.7 Å². The minimum atomic E-state index is -0.389. The number of thioether (sulfide) groups is 1. The fourth-order valence-corrected chi connectivity index (χ4v) is 3.37. The Kier molecular flexibility index (Phi) is 4.31. The van der Waals surface area contributed by atoms with Gasteiger partial charge in [0.2, 0.25) is 0 Å². The number of hydrogen-bond acceptors (Lipinski definition) is 5. The fraction of sp³-hybridized carbons (Fsp3) is 0.500. The van der Waals surface area contributed by atoms with Crippen LogP contribution in [0, 0.1) is 0 Å². The summed E-state index contributed by atoms with van der Waals surface area (Å²) in [5.41, 5.74) is 8.25. The standard InChI is InChI=1S/C16H21N3OS/c1-2-21-11-12-5-7-13(8-6-12)14-18-15(19-20-14)16(17)9-3-4-10-16/h5-8H,2-4,9-11,17H2,1H3. The quantitative estimate of drug-likeness (QED) is 0.912. The van der Waals surface area contributed by atoms with Gasteiger partial charge in [0.25, 0.3) is 5.89 Å². The first kappa shape index (κ1) is 14.6. The van der Waals surface area contributed by atoms with Crippen molar-refractivity contribution in [2.75, 3.05) is 5.75 Å². The lowest BCUT2D eigenvalue weighted by Gasteiger charge is -2.17.